The molecule has 1 N–H and O–H groups in total. The van der Waals surface area contributed by atoms with Gasteiger partial charge in [0.05, 0.1) is 23.9 Å². The molecule has 30 heavy (non-hydrogen) atoms. The summed E-state index contributed by atoms with van der Waals surface area (Å²) in [5.74, 6) is 0.653. The van der Waals surface area contributed by atoms with E-state index in [1.807, 2.05) is 0 Å². The summed E-state index contributed by atoms with van der Waals surface area (Å²) in [6, 6.07) is 8.45. The van der Waals surface area contributed by atoms with Gasteiger partial charge in [-0.05, 0) is 24.3 Å². The lowest BCUT2D eigenvalue weighted by atomic mass is 9.82. The summed E-state index contributed by atoms with van der Waals surface area (Å²) in [5, 5.41) is 2.70. The maximum absolute atomic E-state index is 12.7. The summed E-state index contributed by atoms with van der Waals surface area (Å²) in [6.45, 7) is 2.51. The van der Waals surface area contributed by atoms with Crippen molar-refractivity contribution in [2.75, 3.05) is 25.0 Å². The summed E-state index contributed by atoms with van der Waals surface area (Å²) in [6.07, 6.45) is 4.69. The van der Waals surface area contributed by atoms with Gasteiger partial charge in [-0.25, -0.2) is 0 Å². The molecule has 4 rings (SSSR count). The number of carbonyl (C=O) groups is 3. The molecule has 2 aromatic rings. The highest BCUT2D eigenvalue weighted by Gasteiger charge is 2.43. The third-order valence-electron chi connectivity index (χ3n) is 5.50. The van der Waals surface area contributed by atoms with E-state index in [1.165, 1.54) is 0 Å². The van der Waals surface area contributed by atoms with Gasteiger partial charge in [-0.3, -0.25) is 19.4 Å². The standard InChI is InChI=1S/C22H23N3O5/c1-15(26)25-9-6-22(7-10-25)12-19(27)18-5-4-17(11-20(18)30-22)29-14-21(28)24-16-3-2-8-23-13-16/h2-5,8,11,13H,6-7,9-10,12,14H2,1H3,(H,24,28). The summed E-state index contributed by atoms with van der Waals surface area (Å²) in [7, 11) is 0. The maximum atomic E-state index is 12.7. The number of Topliss-reactive ketones (excluding diaryl/α,β-unsaturated/α-hetero) is 1. The van der Waals surface area contributed by atoms with Crippen molar-refractivity contribution in [1.82, 2.24) is 9.88 Å². The van der Waals surface area contributed by atoms with Crippen LogP contribution in [0.1, 0.15) is 36.5 Å². The van der Waals surface area contributed by atoms with Crippen LogP contribution >= 0.6 is 0 Å². The molecule has 1 aromatic heterocycles. The predicted molar refractivity (Wildman–Crippen MR) is 109 cm³/mol. The van der Waals surface area contributed by atoms with Crippen molar-refractivity contribution in [2.45, 2.75) is 31.8 Å². The lowest BCUT2D eigenvalue weighted by molar-refractivity contribution is -0.132. The third kappa shape index (κ3) is 4.27. The van der Waals surface area contributed by atoms with Crippen LogP contribution in [0, 0.1) is 0 Å². The molecule has 2 aliphatic rings. The van der Waals surface area contributed by atoms with Crippen LogP contribution in [-0.4, -0.2) is 52.8 Å². The molecule has 1 saturated heterocycles. The van der Waals surface area contributed by atoms with Gasteiger partial charge >= 0.3 is 0 Å². The first-order valence-electron chi connectivity index (χ1n) is 9.89. The highest BCUT2D eigenvalue weighted by molar-refractivity contribution is 6.00. The molecular weight excluding hydrogens is 386 g/mol. The van der Waals surface area contributed by atoms with E-state index in [-0.39, 0.29) is 24.2 Å². The zero-order valence-corrected chi connectivity index (χ0v) is 16.7. The highest BCUT2D eigenvalue weighted by atomic mass is 16.5. The van der Waals surface area contributed by atoms with E-state index in [0.29, 0.717) is 55.1 Å². The number of carbonyl (C=O) groups excluding carboxylic acids is 3. The van der Waals surface area contributed by atoms with Gasteiger partial charge in [0.2, 0.25) is 5.91 Å². The molecule has 2 aliphatic heterocycles. The number of benzene rings is 1. The Bertz CT molecular complexity index is 968. The molecule has 3 heterocycles. The Hall–Kier alpha value is -3.42. The van der Waals surface area contributed by atoms with Gasteiger partial charge in [0.15, 0.2) is 12.4 Å². The number of aromatic nitrogens is 1. The number of pyridine rings is 1. The zero-order chi connectivity index (χ0) is 21.1. The number of ketones is 1. The van der Waals surface area contributed by atoms with Crippen LogP contribution in [0.3, 0.4) is 0 Å². The number of nitrogens with one attached hydrogen (secondary N) is 1. The molecule has 8 nitrogen and oxygen atoms in total. The minimum atomic E-state index is -0.591. The quantitative estimate of drug-likeness (QED) is 0.833. The second-order valence-electron chi connectivity index (χ2n) is 7.63. The fourth-order valence-electron chi connectivity index (χ4n) is 3.86. The molecular formula is C22H23N3O5. The predicted octanol–water partition coefficient (Wildman–Crippen LogP) is 2.45. The van der Waals surface area contributed by atoms with Crippen molar-refractivity contribution in [3.63, 3.8) is 0 Å². The number of hydrogen-bond donors (Lipinski definition) is 1. The Balaban J connectivity index is 1.41. The number of fused-ring (bicyclic) bond motifs is 1. The van der Waals surface area contributed by atoms with E-state index >= 15 is 0 Å². The Morgan fingerprint density at radius 1 is 1.27 bits per heavy atom. The minimum Gasteiger partial charge on any atom is -0.486 e. The monoisotopic (exact) mass is 409 g/mol. The van der Waals surface area contributed by atoms with Gasteiger partial charge in [-0.15, -0.1) is 0 Å². The second-order valence-corrected chi connectivity index (χ2v) is 7.63. The first-order chi connectivity index (χ1) is 14.4. The number of hydrogen-bond acceptors (Lipinski definition) is 6. The van der Waals surface area contributed by atoms with Crippen LogP contribution < -0.4 is 14.8 Å². The fourth-order valence-corrected chi connectivity index (χ4v) is 3.86. The van der Waals surface area contributed by atoms with E-state index in [4.69, 9.17) is 9.47 Å². The van der Waals surface area contributed by atoms with E-state index in [9.17, 15) is 14.4 Å². The molecule has 8 heteroatoms. The Morgan fingerprint density at radius 2 is 2.07 bits per heavy atom. The number of piperidine rings is 1. The van der Waals surface area contributed by atoms with E-state index < -0.39 is 5.60 Å². The molecule has 1 spiro atoms. The molecule has 0 unspecified atom stereocenters. The lowest BCUT2D eigenvalue weighted by Crippen LogP contribution is -2.51. The number of ether oxygens (including phenoxy) is 2. The first-order valence-corrected chi connectivity index (χ1v) is 9.89. The van der Waals surface area contributed by atoms with Crippen molar-refractivity contribution < 1.29 is 23.9 Å². The first kappa shape index (κ1) is 19.9. The molecule has 1 aromatic carbocycles. The number of amides is 2. The summed E-state index contributed by atoms with van der Waals surface area (Å²) in [4.78, 5) is 42.1. The number of anilines is 1. The Kier molecular flexibility index (Phi) is 5.39. The lowest BCUT2D eigenvalue weighted by Gasteiger charge is -2.43. The van der Waals surface area contributed by atoms with Gasteiger partial charge in [0, 0.05) is 45.1 Å². The summed E-state index contributed by atoms with van der Waals surface area (Å²) < 4.78 is 11.8. The molecule has 0 bridgehead atoms. The van der Waals surface area contributed by atoms with E-state index in [2.05, 4.69) is 10.3 Å². The normalized spacial score (nSPS) is 17.1. The van der Waals surface area contributed by atoms with Crippen LogP contribution in [0.25, 0.3) is 0 Å². The van der Waals surface area contributed by atoms with Crippen molar-refractivity contribution in [1.29, 1.82) is 0 Å². The van der Waals surface area contributed by atoms with E-state index in [1.54, 1.807) is 54.5 Å². The van der Waals surface area contributed by atoms with Crippen LogP contribution in [-0.2, 0) is 9.59 Å². The maximum Gasteiger partial charge on any atom is 0.262 e. The zero-order valence-electron chi connectivity index (χ0n) is 16.7. The van der Waals surface area contributed by atoms with Crippen LogP contribution in [0.15, 0.2) is 42.7 Å². The van der Waals surface area contributed by atoms with Crippen LogP contribution in [0.5, 0.6) is 11.5 Å². The average Bonchev–Trinajstić information content (AvgIpc) is 2.73. The summed E-state index contributed by atoms with van der Waals surface area (Å²) >= 11 is 0. The Labute approximate surface area is 174 Å². The smallest absolute Gasteiger partial charge is 0.262 e. The topological polar surface area (TPSA) is 97.8 Å². The summed E-state index contributed by atoms with van der Waals surface area (Å²) in [5.41, 5.74) is 0.512. The van der Waals surface area contributed by atoms with Gasteiger partial charge in [-0.2, -0.15) is 0 Å². The van der Waals surface area contributed by atoms with Crippen molar-refractivity contribution in [2.24, 2.45) is 0 Å². The van der Waals surface area contributed by atoms with Crippen molar-refractivity contribution in [3.8, 4) is 11.5 Å². The average molecular weight is 409 g/mol. The number of likely N-dealkylation sites (tertiary alicyclic amines) is 1. The number of nitrogens with zero attached hydrogens (tertiary/aromatic N) is 2. The molecule has 0 radical (unpaired) electrons. The largest absolute Gasteiger partial charge is 0.486 e. The van der Waals surface area contributed by atoms with Gasteiger partial charge in [0.1, 0.15) is 17.1 Å². The molecule has 0 atom stereocenters. The van der Waals surface area contributed by atoms with Crippen molar-refractivity contribution in [3.05, 3.63) is 48.3 Å². The Morgan fingerprint density at radius 3 is 2.77 bits per heavy atom. The molecule has 2 amide bonds. The van der Waals surface area contributed by atoms with Gasteiger partial charge in [-0.1, -0.05) is 0 Å². The highest BCUT2D eigenvalue weighted by Crippen LogP contribution is 2.40. The van der Waals surface area contributed by atoms with Crippen molar-refractivity contribution >= 4 is 23.3 Å². The van der Waals surface area contributed by atoms with Gasteiger partial charge in [0.25, 0.3) is 5.91 Å². The molecule has 1 fully saturated rings. The fraction of sp³-hybridized carbons (Fsp3) is 0.364. The second kappa shape index (κ2) is 8.14. The molecule has 0 saturated carbocycles. The number of rotatable bonds is 4. The van der Waals surface area contributed by atoms with Crippen LogP contribution in [0.4, 0.5) is 5.69 Å². The van der Waals surface area contributed by atoms with Crippen LogP contribution in [0.2, 0.25) is 0 Å². The van der Waals surface area contributed by atoms with Gasteiger partial charge < -0.3 is 19.7 Å². The molecule has 0 aliphatic carbocycles. The third-order valence-corrected chi connectivity index (χ3v) is 5.50. The molecule has 156 valence electrons. The minimum absolute atomic E-state index is 0.0217. The van der Waals surface area contributed by atoms with E-state index in [0.717, 1.165) is 0 Å². The SMILES string of the molecule is CC(=O)N1CCC2(CC1)CC(=O)c1ccc(OCC(=O)Nc3cccnc3)cc1O2.